The van der Waals surface area contributed by atoms with Gasteiger partial charge in [-0.05, 0) is 18.6 Å². The van der Waals surface area contributed by atoms with Gasteiger partial charge in [0.2, 0.25) is 11.8 Å². The van der Waals surface area contributed by atoms with Crippen molar-refractivity contribution in [2.45, 2.75) is 25.0 Å². The monoisotopic (exact) mass is 287 g/mol. The van der Waals surface area contributed by atoms with E-state index in [4.69, 9.17) is 9.47 Å². The van der Waals surface area contributed by atoms with Crippen LogP contribution >= 0.6 is 0 Å². The minimum atomic E-state index is -0.635. The number of ether oxygens (including phenoxy) is 2. The fourth-order valence-corrected chi connectivity index (χ4v) is 3.74. The lowest BCUT2D eigenvalue weighted by molar-refractivity contribution is -0.193. The Morgan fingerprint density at radius 1 is 1.00 bits per heavy atom. The average Bonchev–Trinajstić information content (AvgIpc) is 3.05. The van der Waals surface area contributed by atoms with E-state index in [9.17, 15) is 9.59 Å². The topological polar surface area (TPSA) is 55.8 Å². The molecule has 1 saturated carbocycles. The normalized spacial score (nSPS) is 31.0. The first-order chi connectivity index (χ1) is 10.2. The number of carbonyl (C=O) groups is 2. The van der Waals surface area contributed by atoms with Crippen LogP contribution in [0.25, 0.3) is 0 Å². The van der Waals surface area contributed by atoms with Crippen LogP contribution in [-0.2, 0) is 19.1 Å². The van der Waals surface area contributed by atoms with Gasteiger partial charge < -0.3 is 9.47 Å². The zero-order chi connectivity index (χ0) is 14.4. The Morgan fingerprint density at radius 2 is 1.67 bits per heavy atom. The summed E-state index contributed by atoms with van der Waals surface area (Å²) >= 11 is 0. The van der Waals surface area contributed by atoms with Gasteiger partial charge >= 0.3 is 0 Å². The van der Waals surface area contributed by atoms with Crippen molar-refractivity contribution in [3.63, 3.8) is 0 Å². The molecule has 2 unspecified atom stereocenters. The van der Waals surface area contributed by atoms with E-state index in [1.807, 2.05) is 18.2 Å². The summed E-state index contributed by atoms with van der Waals surface area (Å²) in [7, 11) is 0. The lowest BCUT2D eigenvalue weighted by Gasteiger charge is -2.35. The number of rotatable bonds is 1. The molecule has 2 atom stereocenters. The molecule has 0 N–H and O–H groups in total. The zero-order valence-corrected chi connectivity index (χ0v) is 11.7. The summed E-state index contributed by atoms with van der Waals surface area (Å²) in [5.74, 6) is -1.37. The molecule has 1 aromatic carbocycles. The summed E-state index contributed by atoms with van der Waals surface area (Å²) in [5.41, 5.74) is 0.657. The van der Waals surface area contributed by atoms with Crippen molar-refractivity contribution in [3.05, 3.63) is 30.3 Å². The van der Waals surface area contributed by atoms with Gasteiger partial charge in [0.15, 0.2) is 5.79 Å². The van der Waals surface area contributed by atoms with Crippen molar-refractivity contribution in [1.82, 2.24) is 0 Å². The second-order valence-corrected chi connectivity index (χ2v) is 5.91. The van der Waals surface area contributed by atoms with Crippen molar-refractivity contribution in [3.8, 4) is 0 Å². The van der Waals surface area contributed by atoms with Gasteiger partial charge in [-0.25, -0.2) is 0 Å². The summed E-state index contributed by atoms with van der Waals surface area (Å²) in [6, 6.07) is 9.14. The highest BCUT2D eigenvalue weighted by Gasteiger charge is 2.56. The van der Waals surface area contributed by atoms with E-state index in [-0.39, 0.29) is 23.7 Å². The lowest BCUT2D eigenvalue weighted by Crippen LogP contribution is -2.41. The molecule has 3 fully saturated rings. The van der Waals surface area contributed by atoms with E-state index >= 15 is 0 Å². The zero-order valence-electron chi connectivity index (χ0n) is 11.7. The van der Waals surface area contributed by atoms with Gasteiger partial charge in [0, 0.05) is 12.8 Å². The molecule has 2 saturated heterocycles. The number of hydrogen-bond donors (Lipinski definition) is 0. The van der Waals surface area contributed by atoms with Gasteiger partial charge in [0.1, 0.15) is 0 Å². The van der Waals surface area contributed by atoms with Crippen molar-refractivity contribution in [2.24, 2.45) is 11.8 Å². The van der Waals surface area contributed by atoms with E-state index in [0.29, 0.717) is 38.2 Å². The quantitative estimate of drug-likeness (QED) is 0.738. The molecule has 0 radical (unpaired) electrons. The van der Waals surface area contributed by atoms with Crippen LogP contribution in [0.15, 0.2) is 30.3 Å². The number of hydrogen-bond acceptors (Lipinski definition) is 4. The summed E-state index contributed by atoms with van der Waals surface area (Å²) in [5, 5.41) is 0. The Hall–Kier alpha value is -1.72. The molecular formula is C16H17NO4. The molecule has 0 aromatic heterocycles. The summed E-state index contributed by atoms with van der Waals surface area (Å²) in [4.78, 5) is 26.6. The maximum Gasteiger partial charge on any atom is 0.237 e. The van der Waals surface area contributed by atoms with Crippen LogP contribution in [0, 0.1) is 11.8 Å². The largest absolute Gasteiger partial charge is 0.348 e. The minimum Gasteiger partial charge on any atom is -0.348 e. The lowest BCUT2D eigenvalue weighted by atomic mass is 9.77. The van der Waals surface area contributed by atoms with Crippen LogP contribution in [0.5, 0.6) is 0 Å². The summed E-state index contributed by atoms with van der Waals surface area (Å²) < 4.78 is 11.4. The fourth-order valence-electron chi connectivity index (χ4n) is 3.74. The van der Waals surface area contributed by atoms with Crippen LogP contribution in [0.2, 0.25) is 0 Å². The second kappa shape index (κ2) is 4.64. The van der Waals surface area contributed by atoms with Crippen LogP contribution in [0.3, 0.4) is 0 Å². The number of anilines is 1. The Bertz CT molecular complexity index is 579. The number of carbonyl (C=O) groups excluding carboxylic acids is 2. The van der Waals surface area contributed by atoms with Gasteiger partial charge in [0.25, 0.3) is 0 Å². The summed E-state index contributed by atoms with van der Waals surface area (Å²) in [6.07, 6.45) is 1.83. The van der Waals surface area contributed by atoms with Crippen molar-refractivity contribution in [1.29, 1.82) is 0 Å². The van der Waals surface area contributed by atoms with Crippen molar-refractivity contribution in [2.75, 3.05) is 18.1 Å². The predicted octanol–water partition coefficient (Wildman–Crippen LogP) is 1.72. The molecule has 1 aliphatic carbocycles. The third kappa shape index (κ3) is 1.92. The number of fused-ring (bicyclic) bond motifs is 1. The number of amides is 2. The van der Waals surface area contributed by atoms with E-state index in [1.54, 1.807) is 12.1 Å². The molecule has 5 heteroatoms. The molecule has 2 aliphatic heterocycles. The smallest absolute Gasteiger partial charge is 0.237 e. The number of imide groups is 1. The number of benzene rings is 1. The average molecular weight is 287 g/mol. The van der Waals surface area contributed by atoms with Crippen LogP contribution < -0.4 is 4.90 Å². The standard InChI is InChI=1S/C16H17NO4/c18-14-12-6-7-16(20-8-9-21-16)10-13(12)15(19)17(14)11-4-2-1-3-5-11/h1-5,12-13H,6-10H2. The molecular weight excluding hydrogens is 270 g/mol. The molecule has 0 bridgehead atoms. The van der Waals surface area contributed by atoms with Gasteiger partial charge in [-0.1, -0.05) is 18.2 Å². The highest BCUT2D eigenvalue weighted by atomic mass is 16.7. The van der Waals surface area contributed by atoms with Crippen molar-refractivity contribution < 1.29 is 19.1 Å². The Morgan fingerprint density at radius 3 is 2.38 bits per heavy atom. The molecule has 1 spiro atoms. The minimum absolute atomic E-state index is 0.0796. The van der Waals surface area contributed by atoms with E-state index in [1.165, 1.54) is 4.90 Å². The van der Waals surface area contributed by atoms with Crippen LogP contribution in [0.1, 0.15) is 19.3 Å². The number of nitrogens with zero attached hydrogens (tertiary/aromatic N) is 1. The van der Waals surface area contributed by atoms with Crippen LogP contribution in [-0.4, -0.2) is 30.8 Å². The first-order valence-electron chi connectivity index (χ1n) is 7.41. The first-order valence-corrected chi connectivity index (χ1v) is 7.41. The second-order valence-electron chi connectivity index (χ2n) is 5.91. The molecule has 5 nitrogen and oxygen atoms in total. The third-order valence-corrected chi connectivity index (χ3v) is 4.76. The van der Waals surface area contributed by atoms with Gasteiger partial charge in [-0.15, -0.1) is 0 Å². The molecule has 2 heterocycles. The molecule has 3 aliphatic rings. The highest BCUT2D eigenvalue weighted by Crippen LogP contribution is 2.46. The Labute approximate surface area is 122 Å². The van der Waals surface area contributed by atoms with Gasteiger partial charge in [0.05, 0.1) is 30.7 Å². The maximum atomic E-state index is 12.7. The highest BCUT2D eigenvalue weighted by molar-refractivity contribution is 6.22. The maximum absolute atomic E-state index is 12.7. The Balaban J connectivity index is 1.64. The summed E-state index contributed by atoms with van der Waals surface area (Å²) in [6.45, 7) is 1.14. The SMILES string of the molecule is O=C1C2CCC3(CC2C(=O)N1c1ccccc1)OCCO3. The van der Waals surface area contributed by atoms with E-state index in [2.05, 4.69) is 0 Å². The van der Waals surface area contributed by atoms with Gasteiger partial charge in [-0.3, -0.25) is 14.5 Å². The van der Waals surface area contributed by atoms with Crippen LogP contribution in [0.4, 0.5) is 5.69 Å². The van der Waals surface area contributed by atoms with Crippen molar-refractivity contribution >= 4 is 17.5 Å². The molecule has 110 valence electrons. The molecule has 1 aromatic rings. The fraction of sp³-hybridized carbons (Fsp3) is 0.500. The predicted molar refractivity (Wildman–Crippen MR) is 74.4 cm³/mol. The Kier molecular flexibility index (Phi) is 2.87. The van der Waals surface area contributed by atoms with E-state index in [0.717, 1.165) is 0 Å². The molecule has 2 amide bonds. The molecule has 21 heavy (non-hydrogen) atoms. The third-order valence-electron chi connectivity index (χ3n) is 4.76. The van der Waals surface area contributed by atoms with Gasteiger partial charge in [-0.2, -0.15) is 0 Å². The number of para-hydroxylation sites is 1. The molecule has 4 rings (SSSR count). The first kappa shape index (κ1) is 13.0. The van der Waals surface area contributed by atoms with E-state index < -0.39 is 5.79 Å².